The van der Waals surface area contributed by atoms with Gasteiger partial charge < -0.3 is 10.4 Å². The molecule has 0 aliphatic heterocycles. The molecule has 15 heavy (non-hydrogen) atoms. The first-order valence-corrected chi connectivity index (χ1v) is 4.30. The lowest BCUT2D eigenvalue weighted by atomic mass is 10.3. The van der Waals surface area contributed by atoms with E-state index in [4.69, 9.17) is 5.11 Å². The Morgan fingerprint density at radius 3 is 2.87 bits per heavy atom. The molecule has 0 aromatic carbocycles. The van der Waals surface area contributed by atoms with E-state index in [-0.39, 0.29) is 6.54 Å². The maximum absolute atomic E-state index is 11.8. The summed E-state index contributed by atoms with van der Waals surface area (Å²) in [4.78, 5) is 11.1. The Kier molecular flexibility index (Phi) is 4.17. The minimum atomic E-state index is -2.85. The highest BCUT2D eigenvalue weighted by molar-refractivity contribution is 5.75. The van der Waals surface area contributed by atoms with Gasteiger partial charge in [0.15, 0.2) is 0 Å². The van der Waals surface area contributed by atoms with Crippen LogP contribution in [0.25, 0.3) is 0 Å². The van der Waals surface area contributed by atoms with E-state index in [1.807, 2.05) is 0 Å². The van der Waals surface area contributed by atoms with Gasteiger partial charge in [0.1, 0.15) is 12.6 Å². The number of alkyl halides is 2. The number of aromatic nitrogens is 2. The topological polar surface area (TPSA) is 67.2 Å². The van der Waals surface area contributed by atoms with E-state index < -0.39 is 25.0 Å². The predicted octanol–water partition coefficient (Wildman–Crippen LogP) is -0.375. The van der Waals surface area contributed by atoms with Gasteiger partial charge in [0, 0.05) is 18.9 Å². The Hall–Kier alpha value is -1.50. The first-order valence-electron chi connectivity index (χ1n) is 4.30. The summed E-state index contributed by atoms with van der Waals surface area (Å²) in [6.07, 6.45) is -1.61. The van der Waals surface area contributed by atoms with Crippen molar-refractivity contribution in [3.8, 4) is 0 Å². The molecule has 1 aromatic rings. The zero-order chi connectivity index (χ0) is 11.3. The number of nitrogens with one attached hydrogen (secondary N) is 1. The number of rotatable bonds is 5. The highest BCUT2D eigenvalue weighted by Crippen LogP contribution is 1.98. The van der Waals surface area contributed by atoms with Gasteiger partial charge in [-0.25, -0.2) is 8.78 Å². The van der Waals surface area contributed by atoms with Crippen molar-refractivity contribution in [3.63, 3.8) is 0 Å². The monoisotopic (exact) mass is 219 g/mol. The maximum atomic E-state index is 11.8. The van der Waals surface area contributed by atoms with Gasteiger partial charge >= 0.3 is 0 Å². The third-order valence-electron chi connectivity index (χ3n) is 1.66. The van der Waals surface area contributed by atoms with Crippen molar-refractivity contribution in [1.82, 2.24) is 15.1 Å². The second-order valence-corrected chi connectivity index (χ2v) is 2.91. The average molecular weight is 219 g/mol. The molecule has 84 valence electrons. The van der Waals surface area contributed by atoms with Crippen molar-refractivity contribution >= 4 is 5.91 Å². The lowest BCUT2D eigenvalue weighted by Gasteiger charge is -2.10. The minimum absolute atomic E-state index is 0.0526. The van der Waals surface area contributed by atoms with Gasteiger partial charge in [-0.2, -0.15) is 5.10 Å². The fourth-order valence-corrected chi connectivity index (χ4v) is 0.905. The highest BCUT2D eigenvalue weighted by Gasteiger charge is 2.17. The van der Waals surface area contributed by atoms with Crippen molar-refractivity contribution in [2.24, 2.45) is 0 Å². The molecular weight excluding hydrogens is 208 g/mol. The summed E-state index contributed by atoms with van der Waals surface area (Å²) in [6, 6.07) is 1.64. The minimum Gasteiger partial charge on any atom is -0.385 e. The van der Waals surface area contributed by atoms with E-state index in [1.54, 1.807) is 12.3 Å². The molecule has 1 unspecified atom stereocenters. The lowest BCUT2D eigenvalue weighted by molar-refractivity contribution is -0.122. The molecule has 2 N–H and O–H groups in total. The Labute approximate surface area is 84.7 Å². The van der Waals surface area contributed by atoms with Gasteiger partial charge in [0.25, 0.3) is 6.43 Å². The second-order valence-electron chi connectivity index (χ2n) is 2.91. The van der Waals surface area contributed by atoms with Crippen molar-refractivity contribution in [2.45, 2.75) is 19.1 Å². The van der Waals surface area contributed by atoms with Crippen LogP contribution in [0.3, 0.4) is 0 Å². The van der Waals surface area contributed by atoms with Crippen LogP contribution in [0.5, 0.6) is 0 Å². The number of carbonyl (C=O) groups excluding carboxylic acids is 1. The summed E-state index contributed by atoms with van der Waals surface area (Å²) in [7, 11) is 0. The molecule has 0 saturated carbocycles. The summed E-state index contributed by atoms with van der Waals surface area (Å²) < 4.78 is 25.0. The van der Waals surface area contributed by atoms with Crippen LogP contribution in [0.1, 0.15) is 0 Å². The van der Waals surface area contributed by atoms with Gasteiger partial charge in [-0.3, -0.25) is 9.48 Å². The summed E-state index contributed by atoms with van der Waals surface area (Å²) in [5, 5.41) is 14.7. The Morgan fingerprint density at radius 1 is 1.60 bits per heavy atom. The number of amides is 1. The molecule has 0 fully saturated rings. The number of aliphatic hydroxyl groups excluding tert-OH is 1. The largest absolute Gasteiger partial charge is 0.385 e. The van der Waals surface area contributed by atoms with E-state index in [2.05, 4.69) is 10.4 Å². The van der Waals surface area contributed by atoms with Crippen LogP contribution < -0.4 is 5.32 Å². The fraction of sp³-hybridized carbons (Fsp3) is 0.500. The van der Waals surface area contributed by atoms with Gasteiger partial charge in [-0.05, 0) is 6.07 Å². The normalized spacial score (nSPS) is 12.8. The molecule has 1 amide bonds. The second kappa shape index (κ2) is 5.40. The zero-order valence-corrected chi connectivity index (χ0v) is 7.81. The number of hydrogen-bond donors (Lipinski definition) is 2. The van der Waals surface area contributed by atoms with Crippen LogP contribution in [-0.4, -0.2) is 39.9 Å². The van der Waals surface area contributed by atoms with E-state index in [9.17, 15) is 13.6 Å². The first kappa shape index (κ1) is 11.6. The molecule has 1 atom stereocenters. The molecule has 0 bridgehead atoms. The van der Waals surface area contributed by atoms with Crippen molar-refractivity contribution in [1.29, 1.82) is 0 Å². The molecule has 1 aromatic heterocycles. The SMILES string of the molecule is O=C(Cn1cccn1)NCC(O)C(F)F. The van der Waals surface area contributed by atoms with Crippen molar-refractivity contribution < 1.29 is 18.7 Å². The number of nitrogens with zero attached hydrogens (tertiary/aromatic N) is 2. The standard InChI is InChI=1S/C8H11F2N3O2/c9-8(10)6(14)4-11-7(15)5-13-3-1-2-12-13/h1-3,6,8,14H,4-5H2,(H,11,15). The number of aliphatic hydroxyl groups is 1. The molecule has 1 heterocycles. The quantitative estimate of drug-likeness (QED) is 0.709. The maximum Gasteiger partial charge on any atom is 0.265 e. The molecular formula is C8H11F2N3O2. The fourth-order valence-electron chi connectivity index (χ4n) is 0.905. The van der Waals surface area contributed by atoms with Crippen LogP contribution in [0.2, 0.25) is 0 Å². The van der Waals surface area contributed by atoms with Crippen molar-refractivity contribution in [2.75, 3.05) is 6.54 Å². The number of carbonyl (C=O) groups is 1. The molecule has 0 aliphatic carbocycles. The molecule has 7 heteroatoms. The van der Waals surface area contributed by atoms with Crippen molar-refractivity contribution in [3.05, 3.63) is 18.5 Å². The summed E-state index contributed by atoms with van der Waals surface area (Å²) >= 11 is 0. The van der Waals surface area contributed by atoms with E-state index in [1.165, 1.54) is 10.9 Å². The third-order valence-corrected chi connectivity index (χ3v) is 1.66. The van der Waals surface area contributed by atoms with Crippen LogP contribution in [0.15, 0.2) is 18.5 Å². The summed E-state index contributed by atoms with van der Waals surface area (Å²) in [5.41, 5.74) is 0. The Morgan fingerprint density at radius 2 is 2.33 bits per heavy atom. The summed E-state index contributed by atoms with van der Waals surface area (Å²) in [6.45, 7) is -0.513. The van der Waals surface area contributed by atoms with E-state index in [0.29, 0.717) is 0 Å². The molecule has 5 nitrogen and oxygen atoms in total. The molecule has 0 saturated heterocycles. The zero-order valence-electron chi connectivity index (χ0n) is 7.81. The Balaban J connectivity index is 2.25. The first-order chi connectivity index (χ1) is 7.09. The van der Waals surface area contributed by atoms with Gasteiger partial charge in [0.2, 0.25) is 5.91 Å². The molecule has 0 spiro atoms. The number of hydrogen-bond acceptors (Lipinski definition) is 3. The van der Waals surface area contributed by atoms with Crippen LogP contribution in [0.4, 0.5) is 8.78 Å². The average Bonchev–Trinajstić information content (AvgIpc) is 2.66. The lowest BCUT2D eigenvalue weighted by Crippen LogP contribution is -2.37. The molecule has 1 rings (SSSR count). The van der Waals surface area contributed by atoms with E-state index >= 15 is 0 Å². The smallest absolute Gasteiger partial charge is 0.265 e. The highest BCUT2D eigenvalue weighted by atomic mass is 19.3. The molecule has 0 radical (unpaired) electrons. The van der Waals surface area contributed by atoms with Gasteiger partial charge in [0.05, 0.1) is 0 Å². The van der Waals surface area contributed by atoms with Crippen LogP contribution in [-0.2, 0) is 11.3 Å². The van der Waals surface area contributed by atoms with Crippen LogP contribution >= 0.6 is 0 Å². The predicted molar refractivity (Wildman–Crippen MR) is 47.2 cm³/mol. The van der Waals surface area contributed by atoms with E-state index in [0.717, 1.165) is 0 Å². The summed E-state index contributed by atoms with van der Waals surface area (Å²) in [5.74, 6) is -0.474. The molecule has 0 aliphatic rings. The number of halogens is 2. The van der Waals surface area contributed by atoms with Crippen LogP contribution in [0, 0.1) is 0 Å². The Bertz CT molecular complexity index is 303. The van der Waals surface area contributed by atoms with Gasteiger partial charge in [-0.15, -0.1) is 0 Å². The van der Waals surface area contributed by atoms with Gasteiger partial charge in [-0.1, -0.05) is 0 Å². The third kappa shape index (κ3) is 4.03.